The van der Waals surface area contributed by atoms with E-state index in [0.29, 0.717) is 12.5 Å². The molecule has 32 heavy (non-hydrogen) atoms. The third-order valence-electron chi connectivity index (χ3n) is 6.98. The zero-order chi connectivity index (χ0) is 22.3. The monoisotopic (exact) mass is 431 g/mol. The van der Waals surface area contributed by atoms with Gasteiger partial charge in [0.2, 0.25) is 5.91 Å². The lowest BCUT2D eigenvalue weighted by Gasteiger charge is -2.33. The third-order valence-corrected chi connectivity index (χ3v) is 6.98. The molecule has 0 bridgehead atoms. The van der Waals surface area contributed by atoms with Crippen LogP contribution in [-0.2, 0) is 17.8 Å². The zero-order valence-electron chi connectivity index (χ0n) is 19.6. The van der Waals surface area contributed by atoms with Gasteiger partial charge < -0.3 is 14.8 Å². The highest BCUT2D eigenvalue weighted by Crippen LogP contribution is 2.24. The highest BCUT2D eigenvalue weighted by Gasteiger charge is 2.17. The summed E-state index contributed by atoms with van der Waals surface area (Å²) in [5.41, 5.74) is 5.14. The van der Waals surface area contributed by atoms with Crippen molar-refractivity contribution < 1.29 is 4.79 Å². The fourth-order valence-corrected chi connectivity index (χ4v) is 4.96. The molecule has 0 saturated carbocycles. The second-order valence-corrected chi connectivity index (χ2v) is 9.31. The molecule has 1 saturated heterocycles. The summed E-state index contributed by atoms with van der Waals surface area (Å²) < 4.78 is 2.32. The van der Waals surface area contributed by atoms with E-state index in [2.05, 4.69) is 83.4 Å². The SMILES string of the molecule is Cc1ccccc1Cn1cc(CCC(=O)NCCCN2CCCC[C@@H]2C)c2ccccc21. The van der Waals surface area contributed by atoms with Crippen LogP contribution >= 0.6 is 0 Å². The van der Waals surface area contributed by atoms with Crippen LogP contribution in [0.1, 0.15) is 55.7 Å². The molecule has 170 valence electrons. The molecule has 1 fully saturated rings. The summed E-state index contributed by atoms with van der Waals surface area (Å²) >= 11 is 0. The Labute approximate surface area is 192 Å². The third kappa shape index (κ3) is 5.60. The van der Waals surface area contributed by atoms with E-state index < -0.39 is 0 Å². The lowest BCUT2D eigenvalue weighted by Crippen LogP contribution is -2.39. The highest BCUT2D eigenvalue weighted by molar-refractivity contribution is 5.85. The van der Waals surface area contributed by atoms with E-state index in [1.165, 1.54) is 53.4 Å². The van der Waals surface area contributed by atoms with E-state index in [-0.39, 0.29) is 5.91 Å². The molecule has 0 spiro atoms. The zero-order valence-corrected chi connectivity index (χ0v) is 19.6. The number of carbonyl (C=O) groups is 1. The van der Waals surface area contributed by atoms with Crippen molar-refractivity contribution >= 4 is 16.8 Å². The topological polar surface area (TPSA) is 37.3 Å². The van der Waals surface area contributed by atoms with Crippen LogP contribution in [0.15, 0.2) is 54.7 Å². The molecule has 2 aromatic carbocycles. The van der Waals surface area contributed by atoms with Gasteiger partial charge in [0.15, 0.2) is 0 Å². The second kappa shape index (κ2) is 10.8. The highest BCUT2D eigenvalue weighted by atomic mass is 16.1. The molecule has 1 aliphatic rings. The molecular weight excluding hydrogens is 394 g/mol. The Kier molecular flexibility index (Phi) is 7.64. The normalized spacial score (nSPS) is 17.0. The van der Waals surface area contributed by atoms with Gasteiger partial charge in [0, 0.05) is 49.2 Å². The van der Waals surface area contributed by atoms with Gasteiger partial charge in [-0.3, -0.25) is 4.79 Å². The minimum absolute atomic E-state index is 0.160. The molecule has 4 nitrogen and oxygen atoms in total. The number of aromatic nitrogens is 1. The molecule has 0 unspecified atom stereocenters. The van der Waals surface area contributed by atoms with Crippen LogP contribution < -0.4 is 5.32 Å². The Morgan fingerprint density at radius 1 is 1.06 bits per heavy atom. The van der Waals surface area contributed by atoms with Gasteiger partial charge >= 0.3 is 0 Å². The lowest BCUT2D eigenvalue weighted by molar-refractivity contribution is -0.121. The molecule has 1 N–H and O–H groups in total. The van der Waals surface area contributed by atoms with Gasteiger partial charge in [0.05, 0.1) is 0 Å². The predicted octanol–water partition coefficient (Wildman–Crippen LogP) is 5.31. The smallest absolute Gasteiger partial charge is 0.220 e. The first kappa shape index (κ1) is 22.6. The van der Waals surface area contributed by atoms with Crippen molar-refractivity contribution in [2.45, 2.75) is 65.0 Å². The first-order valence-corrected chi connectivity index (χ1v) is 12.2. The van der Waals surface area contributed by atoms with Crippen LogP contribution in [-0.4, -0.2) is 41.1 Å². The van der Waals surface area contributed by atoms with Crippen molar-refractivity contribution in [3.8, 4) is 0 Å². The van der Waals surface area contributed by atoms with E-state index in [1.54, 1.807) is 0 Å². The number of rotatable bonds is 9. The maximum absolute atomic E-state index is 12.5. The molecule has 4 heteroatoms. The summed E-state index contributed by atoms with van der Waals surface area (Å²) in [7, 11) is 0. The van der Waals surface area contributed by atoms with Gasteiger partial charge in [-0.2, -0.15) is 0 Å². The van der Waals surface area contributed by atoms with Crippen LogP contribution in [0.3, 0.4) is 0 Å². The van der Waals surface area contributed by atoms with E-state index in [4.69, 9.17) is 0 Å². The number of benzene rings is 2. The van der Waals surface area contributed by atoms with Crippen molar-refractivity contribution in [1.82, 2.24) is 14.8 Å². The minimum atomic E-state index is 0.160. The number of para-hydroxylation sites is 1. The average Bonchev–Trinajstić information content (AvgIpc) is 3.15. The molecular formula is C28H37N3O. The average molecular weight is 432 g/mol. The van der Waals surface area contributed by atoms with Crippen molar-refractivity contribution in [2.24, 2.45) is 0 Å². The van der Waals surface area contributed by atoms with Crippen molar-refractivity contribution in [2.75, 3.05) is 19.6 Å². The van der Waals surface area contributed by atoms with E-state index >= 15 is 0 Å². The van der Waals surface area contributed by atoms with E-state index in [9.17, 15) is 4.79 Å². The number of nitrogens with one attached hydrogen (secondary N) is 1. The number of piperidine rings is 1. The molecule has 0 aliphatic carbocycles. The Bertz CT molecular complexity index is 1040. The van der Waals surface area contributed by atoms with E-state index in [1.807, 2.05) is 0 Å². The summed E-state index contributed by atoms with van der Waals surface area (Å²) in [5, 5.41) is 4.39. The summed E-state index contributed by atoms with van der Waals surface area (Å²) in [6.07, 6.45) is 8.57. The Hall–Kier alpha value is -2.59. The van der Waals surface area contributed by atoms with Crippen molar-refractivity contribution in [3.63, 3.8) is 0 Å². The summed E-state index contributed by atoms with van der Waals surface area (Å²) in [6, 6.07) is 17.8. The standard InChI is InChI=1S/C28H37N3O/c1-22-10-3-4-12-24(22)20-31-21-25(26-13-5-6-14-27(26)31)15-16-28(32)29-17-9-19-30-18-8-7-11-23(30)2/h3-6,10,12-14,21,23H,7-9,11,15-20H2,1-2H3,(H,29,32)/t23-/m0/s1. The van der Waals surface area contributed by atoms with Gasteiger partial charge in [-0.15, -0.1) is 0 Å². The van der Waals surface area contributed by atoms with Crippen LogP contribution in [0.2, 0.25) is 0 Å². The van der Waals surface area contributed by atoms with Gasteiger partial charge in [-0.1, -0.05) is 48.9 Å². The van der Waals surface area contributed by atoms with Gasteiger partial charge in [0.25, 0.3) is 0 Å². The van der Waals surface area contributed by atoms with Crippen LogP contribution in [0, 0.1) is 6.92 Å². The Morgan fingerprint density at radius 3 is 2.72 bits per heavy atom. The molecule has 2 heterocycles. The first-order valence-electron chi connectivity index (χ1n) is 12.2. The first-order chi connectivity index (χ1) is 15.6. The van der Waals surface area contributed by atoms with Gasteiger partial charge in [0.1, 0.15) is 0 Å². The molecule has 1 amide bonds. The molecule has 4 rings (SSSR count). The fourth-order valence-electron chi connectivity index (χ4n) is 4.96. The molecule has 3 aromatic rings. The summed E-state index contributed by atoms with van der Waals surface area (Å²) in [4.78, 5) is 15.0. The molecule has 1 aliphatic heterocycles. The van der Waals surface area contributed by atoms with Crippen molar-refractivity contribution in [1.29, 1.82) is 0 Å². The van der Waals surface area contributed by atoms with Crippen LogP contribution in [0.5, 0.6) is 0 Å². The number of hydrogen-bond donors (Lipinski definition) is 1. The Morgan fingerprint density at radius 2 is 1.88 bits per heavy atom. The number of hydrogen-bond acceptors (Lipinski definition) is 2. The predicted molar refractivity (Wildman–Crippen MR) is 133 cm³/mol. The lowest BCUT2D eigenvalue weighted by atomic mass is 10.0. The number of likely N-dealkylation sites (tertiary alicyclic amines) is 1. The summed E-state index contributed by atoms with van der Waals surface area (Å²) in [5.74, 6) is 0.160. The molecule has 1 aromatic heterocycles. The largest absolute Gasteiger partial charge is 0.356 e. The number of fused-ring (bicyclic) bond motifs is 1. The number of nitrogens with zero attached hydrogens (tertiary/aromatic N) is 2. The quantitative estimate of drug-likeness (QED) is 0.466. The maximum Gasteiger partial charge on any atom is 0.220 e. The van der Waals surface area contributed by atoms with Crippen molar-refractivity contribution in [3.05, 3.63) is 71.4 Å². The Balaban J connectivity index is 1.31. The minimum Gasteiger partial charge on any atom is -0.356 e. The number of amides is 1. The second-order valence-electron chi connectivity index (χ2n) is 9.31. The molecule has 1 atom stereocenters. The van der Waals surface area contributed by atoms with Gasteiger partial charge in [-0.25, -0.2) is 0 Å². The van der Waals surface area contributed by atoms with Crippen LogP contribution in [0.25, 0.3) is 10.9 Å². The summed E-state index contributed by atoms with van der Waals surface area (Å²) in [6.45, 7) is 8.42. The van der Waals surface area contributed by atoms with Gasteiger partial charge in [-0.05, 0) is 68.8 Å². The fraction of sp³-hybridized carbons (Fsp3) is 0.464. The number of carbonyl (C=O) groups excluding carboxylic acids is 1. The molecule has 0 radical (unpaired) electrons. The maximum atomic E-state index is 12.5. The number of aryl methyl sites for hydroxylation is 2. The van der Waals surface area contributed by atoms with E-state index in [0.717, 1.165) is 32.5 Å². The van der Waals surface area contributed by atoms with Crippen LogP contribution in [0.4, 0.5) is 0 Å².